The molecule has 1 fully saturated rings. The Morgan fingerprint density at radius 2 is 1.79 bits per heavy atom. The van der Waals surface area contributed by atoms with E-state index in [1.165, 1.54) is 28.6 Å². The van der Waals surface area contributed by atoms with Crippen molar-refractivity contribution < 1.29 is 21.6 Å². The maximum absolute atomic E-state index is 12.6. The summed E-state index contributed by atoms with van der Waals surface area (Å²) in [7, 11) is -3.64. The number of piperidine rings is 1. The van der Waals surface area contributed by atoms with E-state index < -0.39 is 15.5 Å². The van der Waals surface area contributed by atoms with Gasteiger partial charge in [-0.1, -0.05) is 6.92 Å². The maximum Gasteiger partial charge on any atom is 0.446 e. The summed E-state index contributed by atoms with van der Waals surface area (Å²) < 4.78 is 63.6. The van der Waals surface area contributed by atoms with Gasteiger partial charge in [0.15, 0.2) is 0 Å². The zero-order chi connectivity index (χ0) is 17.8. The number of sulfonamides is 1. The van der Waals surface area contributed by atoms with Crippen molar-refractivity contribution in [3.05, 3.63) is 24.3 Å². The predicted octanol–water partition coefficient (Wildman–Crippen LogP) is 3.31. The molecule has 0 saturated carbocycles. The molecule has 0 radical (unpaired) electrons. The summed E-state index contributed by atoms with van der Waals surface area (Å²) in [6, 6.07) is 4.88. The smallest absolute Gasteiger partial charge is 0.317 e. The first-order valence-corrected chi connectivity index (χ1v) is 10.0. The van der Waals surface area contributed by atoms with Gasteiger partial charge in [0.05, 0.1) is 4.90 Å². The molecule has 24 heavy (non-hydrogen) atoms. The van der Waals surface area contributed by atoms with Gasteiger partial charge < -0.3 is 5.32 Å². The molecule has 136 valence electrons. The molecule has 0 aromatic heterocycles. The SMILES string of the molecule is CCNCC1CCN(S(=O)(=O)c2ccc(SC(F)(F)F)cc2)CC1. The molecular weight excluding hydrogens is 361 g/mol. The van der Waals surface area contributed by atoms with Gasteiger partial charge in [-0.3, -0.25) is 0 Å². The van der Waals surface area contributed by atoms with Crippen LogP contribution < -0.4 is 5.32 Å². The second-order valence-electron chi connectivity index (χ2n) is 5.67. The standard InChI is InChI=1S/C15H21F3N2O2S2/c1-2-19-11-12-7-9-20(10-8-12)24(21,22)14-5-3-13(4-6-14)23-15(16,17)18/h3-6,12,19H,2,7-11H2,1H3. The van der Waals surface area contributed by atoms with E-state index in [4.69, 9.17) is 0 Å². The molecule has 1 aliphatic heterocycles. The lowest BCUT2D eigenvalue weighted by Crippen LogP contribution is -2.40. The Bertz CT molecular complexity index is 625. The Balaban J connectivity index is 2.00. The number of alkyl halides is 3. The van der Waals surface area contributed by atoms with Gasteiger partial charge in [0.25, 0.3) is 0 Å². The van der Waals surface area contributed by atoms with Crippen molar-refractivity contribution in [3.63, 3.8) is 0 Å². The minimum atomic E-state index is -4.38. The van der Waals surface area contributed by atoms with Crippen molar-refractivity contribution in [2.24, 2.45) is 5.92 Å². The maximum atomic E-state index is 12.6. The van der Waals surface area contributed by atoms with Crippen LogP contribution in [0.25, 0.3) is 0 Å². The lowest BCUT2D eigenvalue weighted by Gasteiger charge is -2.31. The Labute approximate surface area is 144 Å². The third kappa shape index (κ3) is 5.37. The minimum Gasteiger partial charge on any atom is -0.317 e. The molecule has 0 unspecified atom stereocenters. The number of hydrogen-bond donors (Lipinski definition) is 1. The van der Waals surface area contributed by atoms with E-state index in [-0.39, 0.29) is 21.6 Å². The van der Waals surface area contributed by atoms with Crippen molar-refractivity contribution in [3.8, 4) is 0 Å². The van der Waals surface area contributed by atoms with Gasteiger partial charge in [0.1, 0.15) is 0 Å². The largest absolute Gasteiger partial charge is 0.446 e. The number of nitrogens with zero attached hydrogens (tertiary/aromatic N) is 1. The molecule has 0 aliphatic carbocycles. The van der Waals surface area contributed by atoms with Crippen molar-refractivity contribution in [1.29, 1.82) is 0 Å². The lowest BCUT2D eigenvalue weighted by molar-refractivity contribution is -0.0328. The molecule has 9 heteroatoms. The zero-order valence-corrected chi connectivity index (χ0v) is 15.0. The number of nitrogens with one attached hydrogen (secondary N) is 1. The third-order valence-corrected chi connectivity index (χ3v) is 6.60. The molecule has 0 amide bonds. The average molecular weight is 382 g/mol. The Morgan fingerprint density at radius 1 is 1.21 bits per heavy atom. The van der Waals surface area contributed by atoms with Crippen LogP contribution in [0.15, 0.2) is 34.1 Å². The topological polar surface area (TPSA) is 49.4 Å². The summed E-state index contributed by atoms with van der Waals surface area (Å²) in [5, 5.41) is 3.27. The number of hydrogen-bond acceptors (Lipinski definition) is 4. The van der Waals surface area contributed by atoms with E-state index >= 15 is 0 Å². The molecule has 2 rings (SSSR count). The van der Waals surface area contributed by atoms with E-state index in [9.17, 15) is 21.6 Å². The molecule has 0 spiro atoms. The van der Waals surface area contributed by atoms with Crippen LogP contribution in [0.3, 0.4) is 0 Å². The lowest BCUT2D eigenvalue weighted by atomic mass is 9.98. The van der Waals surface area contributed by atoms with Gasteiger partial charge in [-0.05, 0) is 67.9 Å². The number of benzene rings is 1. The highest BCUT2D eigenvalue weighted by Gasteiger charge is 2.31. The van der Waals surface area contributed by atoms with E-state index in [0.29, 0.717) is 19.0 Å². The fourth-order valence-electron chi connectivity index (χ4n) is 2.66. The van der Waals surface area contributed by atoms with Gasteiger partial charge in [-0.2, -0.15) is 17.5 Å². The summed E-state index contributed by atoms with van der Waals surface area (Å²) in [6.45, 7) is 4.68. The van der Waals surface area contributed by atoms with E-state index in [1.807, 2.05) is 6.92 Å². The van der Waals surface area contributed by atoms with Crippen LogP contribution in [0.2, 0.25) is 0 Å². The van der Waals surface area contributed by atoms with Gasteiger partial charge in [-0.25, -0.2) is 8.42 Å². The van der Waals surface area contributed by atoms with Crippen molar-refractivity contribution in [2.45, 2.75) is 35.1 Å². The van der Waals surface area contributed by atoms with Crippen LogP contribution in [0.5, 0.6) is 0 Å². The highest BCUT2D eigenvalue weighted by Crippen LogP contribution is 2.37. The zero-order valence-electron chi connectivity index (χ0n) is 13.3. The van der Waals surface area contributed by atoms with Crippen LogP contribution in [-0.4, -0.2) is 44.4 Å². The summed E-state index contributed by atoms with van der Waals surface area (Å²) in [5.74, 6) is 0.460. The fourth-order valence-corrected chi connectivity index (χ4v) is 4.67. The highest BCUT2D eigenvalue weighted by atomic mass is 32.2. The quantitative estimate of drug-likeness (QED) is 0.767. The molecule has 1 N–H and O–H groups in total. The second-order valence-corrected chi connectivity index (χ2v) is 8.75. The van der Waals surface area contributed by atoms with Crippen LogP contribution >= 0.6 is 11.8 Å². The number of rotatable bonds is 6. The van der Waals surface area contributed by atoms with Crippen molar-refractivity contribution in [1.82, 2.24) is 9.62 Å². The van der Waals surface area contributed by atoms with Crippen molar-refractivity contribution >= 4 is 21.8 Å². The van der Waals surface area contributed by atoms with Gasteiger partial charge in [0, 0.05) is 18.0 Å². The monoisotopic (exact) mass is 382 g/mol. The highest BCUT2D eigenvalue weighted by molar-refractivity contribution is 8.00. The minimum absolute atomic E-state index is 0.0224. The molecule has 0 atom stereocenters. The summed E-state index contributed by atoms with van der Waals surface area (Å²) in [6.07, 6.45) is 1.57. The van der Waals surface area contributed by atoms with E-state index in [2.05, 4.69) is 5.32 Å². The first-order chi connectivity index (χ1) is 11.2. The summed E-state index contributed by atoms with van der Waals surface area (Å²) in [5.41, 5.74) is -4.38. The molecule has 4 nitrogen and oxygen atoms in total. The Hall–Kier alpha value is -0.770. The van der Waals surface area contributed by atoms with Gasteiger partial charge >= 0.3 is 5.51 Å². The Kier molecular flexibility index (Phi) is 6.58. The third-order valence-electron chi connectivity index (χ3n) is 3.95. The first kappa shape index (κ1) is 19.6. The van der Waals surface area contributed by atoms with Gasteiger partial charge in [0.2, 0.25) is 10.0 Å². The van der Waals surface area contributed by atoms with Crippen LogP contribution in [-0.2, 0) is 10.0 Å². The van der Waals surface area contributed by atoms with Gasteiger partial charge in [-0.15, -0.1) is 0 Å². The molecule has 1 saturated heterocycles. The molecule has 1 aromatic rings. The first-order valence-electron chi connectivity index (χ1n) is 7.79. The summed E-state index contributed by atoms with van der Waals surface area (Å²) in [4.78, 5) is 0.0185. The molecule has 0 bridgehead atoms. The number of thioether (sulfide) groups is 1. The average Bonchev–Trinajstić information content (AvgIpc) is 2.52. The normalized spacial score (nSPS) is 18.0. The summed E-state index contributed by atoms with van der Waals surface area (Å²) >= 11 is -0.252. The van der Waals surface area contributed by atoms with E-state index in [1.54, 1.807) is 0 Å². The fraction of sp³-hybridized carbons (Fsp3) is 0.600. The molecule has 1 aliphatic rings. The Morgan fingerprint density at radius 3 is 2.29 bits per heavy atom. The van der Waals surface area contributed by atoms with Crippen molar-refractivity contribution in [2.75, 3.05) is 26.2 Å². The van der Waals surface area contributed by atoms with Crippen LogP contribution in [0.1, 0.15) is 19.8 Å². The molecule has 1 aromatic carbocycles. The molecule has 1 heterocycles. The predicted molar refractivity (Wildman–Crippen MR) is 88.4 cm³/mol. The molecular formula is C15H21F3N2O2S2. The second kappa shape index (κ2) is 8.07. The van der Waals surface area contributed by atoms with Crippen LogP contribution in [0.4, 0.5) is 13.2 Å². The van der Waals surface area contributed by atoms with Crippen LogP contribution in [0, 0.1) is 5.92 Å². The van der Waals surface area contributed by atoms with E-state index in [0.717, 1.165) is 25.9 Å². The number of halogens is 3.